The van der Waals surface area contributed by atoms with Crippen LogP contribution in [0, 0.1) is 5.92 Å². The molecule has 0 radical (unpaired) electrons. The van der Waals surface area contributed by atoms with E-state index in [2.05, 4.69) is 21.2 Å². The smallest absolute Gasteiger partial charge is 0.308 e. The van der Waals surface area contributed by atoms with Gasteiger partial charge in [0.1, 0.15) is 5.69 Å². The van der Waals surface area contributed by atoms with Gasteiger partial charge in [-0.1, -0.05) is 0 Å². The molecule has 1 N–H and O–H groups in total. The minimum atomic E-state index is -0.136. The Morgan fingerprint density at radius 3 is 2.62 bits per heavy atom. The summed E-state index contributed by atoms with van der Waals surface area (Å²) in [6, 6.07) is 1.97. The Morgan fingerprint density at radius 1 is 1.38 bits per heavy atom. The molecular formula is C15H21BrN2O3. The van der Waals surface area contributed by atoms with E-state index in [1.54, 1.807) is 0 Å². The first-order valence-corrected chi connectivity index (χ1v) is 8.08. The van der Waals surface area contributed by atoms with E-state index < -0.39 is 0 Å². The predicted octanol–water partition coefficient (Wildman–Crippen LogP) is 2.73. The van der Waals surface area contributed by atoms with E-state index in [9.17, 15) is 9.59 Å². The summed E-state index contributed by atoms with van der Waals surface area (Å²) in [5, 5.41) is 3.07. The maximum Gasteiger partial charge on any atom is 0.308 e. The first-order valence-electron chi connectivity index (χ1n) is 7.29. The highest BCUT2D eigenvalue weighted by atomic mass is 79.9. The number of esters is 1. The number of carbonyl (C=O) groups is 2. The van der Waals surface area contributed by atoms with E-state index >= 15 is 0 Å². The Hall–Kier alpha value is -1.30. The van der Waals surface area contributed by atoms with Crippen LogP contribution in [0.1, 0.15) is 43.1 Å². The first-order chi connectivity index (χ1) is 10.0. The van der Waals surface area contributed by atoms with Crippen molar-refractivity contribution in [1.29, 1.82) is 0 Å². The van der Waals surface area contributed by atoms with Crippen molar-refractivity contribution in [2.45, 2.75) is 45.2 Å². The topological polar surface area (TPSA) is 60.3 Å². The quantitative estimate of drug-likeness (QED) is 0.843. The first kappa shape index (κ1) is 16.1. The second kappa shape index (κ2) is 7.11. The molecule has 0 aliphatic heterocycles. The lowest BCUT2D eigenvalue weighted by atomic mass is 9.86. The zero-order valence-corrected chi connectivity index (χ0v) is 14.0. The van der Waals surface area contributed by atoms with Gasteiger partial charge in [-0.25, -0.2) is 0 Å². The summed E-state index contributed by atoms with van der Waals surface area (Å²) < 4.78 is 7.60. The molecule has 1 aliphatic carbocycles. The number of nitrogens with one attached hydrogen (secondary N) is 1. The molecule has 21 heavy (non-hydrogen) atoms. The second-order valence-corrected chi connectivity index (χ2v) is 6.29. The standard InChI is InChI=1S/C15H21BrN2O3/c1-3-18-9-11(16)8-13(18)14(19)17-12-6-4-10(5-7-12)15(20)21-2/h8-10,12H,3-7H2,1-2H3,(H,17,19). The number of methoxy groups -OCH3 is 1. The van der Waals surface area contributed by atoms with Crippen molar-refractivity contribution in [3.8, 4) is 0 Å². The van der Waals surface area contributed by atoms with Crippen LogP contribution in [-0.4, -0.2) is 29.6 Å². The van der Waals surface area contributed by atoms with Crippen molar-refractivity contribution < 1.29 is 14.3 Å². The summed E-state index contributed by atoms with van der Waals surface area (Å²) in [6.07, 6.45) is 5.09. The van der Waals surface area contributed by atoms with Crippen molar-refractivity contribution in [2.75, 3.05) is 7.11 Å². The predicted molar refractivity (Wildman–Crippen MR) is 83.0 cm³/mol. The molecule has 1 aromatic heterocycles. The molecule has 1 aromatic rings. The van der Waals surface area contributed by atoms with Gasteiger partial charge in [-0.15, -0.1) is 0 Å². The lowest BCUT2D eigenvalue weighted by molar-refractivity contribution is -0.146. The minimum absolute atomic E-state index is 0.0169. The van der Waals surface area contributed by atoms with Gasteiger partial charge in [0, 0.05) is 23.3 Å². The molecule has 6 heteroatoms. The molecule has 1 aliphatic rings. The average molecular weight is 357 g/mol. The van der Waals surface area contributed by atoms with Gasteiger partial charge in [-0.2, -0.15) is 0 Å². The Balaban J connectivity index is 1.91. The van der Waals surface area contributed by atoms with Crippen molar-refractivity contribution in [1.82, 2.24) is 9.88 Å². The summed E-state index contributed by atoms with van der Waals surface area (Å²) in [4.78, 5) is 23.8. The molecule has 1 heterocycles. The van der Waals surface area contributed by atoms with E-state index in [-0.39, 0.29) is 23.8 Å². The summed E-state index contributed by atoms with van der Waals surface area (Å²) in [5.41, 5.74) is 0.666. The summed E-state index contributed by atoms with van der Waals surface area (Å²) in [7, 11) is 1.42. The number of hydrogen-bond acceptors (Lipinski definition) is 3. The SMILES string of the molecule is CCn1cc(Br)cc1C(=O)NC1CCC(C(=O)OC)CC1. The van der Waals surface area contributed by atoms with Crippen LogP contribution in [0.3, 0.4) is 0 Å². The molecule has 0 unspecified atom stereocenters. The van der Waals surface area contributed by atoms with Crippen LogP contribution in [0.25, 0.3) is 0 Å². The molecule has 0 spiro atoms. The summed E-state index contributed by atoms with van der Waals surface area (Å²) >= 11 is 3.40. The van der Waals surface area contributed by atoms with Crippen molar-refractivity contribution >= 4 is 27.8 Å². The zero-order chi connectivity index (χ0) is 15.4. The third kappa shape index (κ3) is 3.87. The van der Waals surface area contributed by atoms with Gasteiger partial charge in [0.15, 0.2) is 0 Å². The number of aromatic nitrogens is 1. The molecule has 1 amide bonds. The Bertz CT molecular complexity index is 519. The molecule has 0 saturated heterocycles. The van der Waals surface area contributed by atoms with E-state index in [1.165, 1.54) is 7.11 Å². The van der Waals surface area contributed by atoms with Crippen molar-refractivity contribution in [3.05, 3.63) is 22.4 Å². The molecule has 2 rings (SSSR count). The van der Waals surface area contributed by atoms with Gasteiger partial charge in [-0.05, 0) is 54.6 Å². The van der Waals surface area contributed by atoms with Crippen LogP contribution in [0.5, 0.6) is 0 Å². The Morgan fingerprint density at radius 2 is 2.05 bits per heavy atom. The molecule has 5 nitrogen and oxygen atoms in total. The normalized spacial score (nSPS) is 21.9. The number of rotatable bonds is 4. The second-order valence-electron chi connectivity index (χ2n) is 5.37. The number of amides is 1. The van der Waals surface area contributed by atoms with E-state index in [0.29, 0.717) is 5.69 Å². The van der Waals surface area contributed by atoms with Crippen molar-refractivity contribution in [2.24, 2.45) is 5.92 Å². The fourth-order valence-electron chi connectivity index (χ4n) is 2.83. The van der Waals surface area contributed by atoms with Crippen LogP contribution in [0.15, 0.2) is 16.7 Å². The summed E-state index contributed by atoms with van der Waals surface area (Å²) in [5.74, 6) is -0.204. The van der Waals surface area contributed by atoms with E-state index in [1.807, 2.05) is 23.8 Å². The highest BCUT2D eigenvalue weighted by Gasteiger charge is 2.28. The number of carbonyl (C=O) groups excluding carboxylic acids is 2. The van der Waals surface area contributed by atoms with E-state index in [4.69, 9.17) is 4.74 Å². The lowest BCUT2D eigenvalue weighted by Crippen LogP contribution is -2.39. The van der Waals surface area contributed by atoms with Crippen LogP contribution in [-0.2, 0) is 16.1 Å². The molecule has 0 aromatic carbocycles. The van der Waals surface area contributed by atoms with Gasteiger partial charge in [0.25, 0.3) is 5.91 Å². The van der Waals surface area contributed by atoms with Crippen molar-refractivity contribution in [3.63, 3.8) is 0 Å². The van der Waals surface area contributed by atoms with Crippen LogP contribution in [0.4, 0.5) is 0 Å². The van der Waals surface area contributed by atoms with E-state index in [0.717, 1.165) is 36.7 Å². The zero-order valence-electron chi connectivity index (χ0n) is 12.4. The fourth-order valence-corrected chi connectivity index (χ4v) is 3.29. The third-order valence-electron chi connectivity index (χ3n) is 4.03. The monoisotopic (exact) mass is 356 g/mol. The van der Waals surface area contributed by atoms with Crippen LogP contribution >= 0.6 is 15.9 Å². The Kier molecular flexibility index (Phi) is 5.45. The van der Waals surface area contributed by atoms with Gasteiger partial charge >= 0.3 is 5.97 Å². The molecule has 116 valence electrons. The van der Waals surface area contributed by atoms with Gasteiger partial charge < -0.3 is 14.6 Å². The number of ether oxygens (including phenoxy) is 1. The molecular weight excluding hydrogens is 336 g/mol. The summed E-state index contributed by atoms with van der Waals surface area (Å²) in [6.45, 7) is 2.76. The molecule has 1 fully saturated rings. The molecule has 0 bridgehead atoms. The van der Waals surface area contributed by atoms with Gasteiger partial charge in [0.05, 0.1) is 13.0 Å². The van der Waals surface area contributed by atoms with Gasteiger partial charge in [-0.3, -0.25) is 9.59 Å². The minimum Gasteiger partial charge on any atom is -0.469 e. The van der Waals surface area contributed by atoms with Crippen LogP contribution < -0.4 is 5.32 Å². The largest absolute Gasteiger partial charge is 0.469 e. The highest BCUT2D eigenvalue weighted by molar-refractivity contribution is 9.10. The number of halogens is 1. The number of aryl methyl sites for hydroxylation is 1. The van der Waals surface area contributed by atoms with Crippen LogP contribution in [0.2, 0.25) is 0 Å². The fraction of sp³-hybridized carbons (Fsp3) is 0.600. The van der Waals surface area contributed by atoms with Gasteiger partial charge in [0.2, 0.25) is 0 Å². The maximum atomic E-state index is 12.3. The number of nitrogens with zero attached hydrogens (tertiary/aromatic N) is 1. The Labute approximate surface area is 133 Å². The number of hydrogen-bond donors (Lipinski definition) is 1. The highest BCUT2D eigenvalue weighted by Crippen LogP contribution is 2.25. The maximum absolute atomic E-state index is 12.3. The average Bonchev–Trinajstić information content (AvgIpc) is 2.88. The lowest BCUT2D eigenvalue weighted by Gasteiger charge is -2.27. The molecule has 1 saturated carbocycles. The molecule has 0 atom stereocenters. The third-order valence-corrected chi connectivity index (χ3v) is 4.47.